The summed E-state index contributed by atoms with van der Waals surface area (Å²) in [5.41, 5.74) is -0.546. The number of ether oxygens (including phenoxy) is 1. The average Bonchev–Trinajstić information content (AvgIpc) is 2.49. The summed E-state index contributed by atoms with van der Waals surface area (Å²) in [6.07, 6.45) is 1.44. The summed E-state index contributed by atoms with van der Waals surface area (Å²) in [6, 6.07) is 4.30. The van der Waals surface area contributed by atoms with E-state index in [-0.39, 0.29) is 11.7 Å². The molecule has 0 amide bonds. The lowest BCUT2D eigenvalue weighted by Gasteiger charge is -2.53. The van der Waals surface area contributed by atoms with Crippen molar-refractivity contribution in [3.8, 4) is 0 Å². The van der Waals surface area contributed by atoms with Gasteiger partial charge in [0.15, 0.2) is 0 Å². The summed E-state index contributed by atoms with van der Waals surface area (Å²) in [5.74, 6) is 1.99. The summed E-state index contributed by atoms with van der Waals surface area (Å²) >= 11 is 0. The molecular weight excluding hydrogens is 305 g/mol. The Kier molecular flexibility index (Phi) is 3.43. The van der Waals surface area contributed by atoms with E-state index in [4.69, 9.17) is 4.74 Å². The Balaban J connectivity index is 1.46. The molecule has 0 saturated heterocycles. The van der Waals surface area contributed by atoms with Crippen molar-refractivity contribution in [2.45, 2.75) is 44.4 Å². The molecule has 1 aromatic carbocycles. The largest absolute Gasteiger partial charge is 0.458 e. The lowest BCUT2D eigenvalue weighted by Crippen LogP contribution is -2.50. The van der Waals surface area contributed by atoms with Crippen LogP contribution in [0.4, 0.5) is 13.2 Å². The first-order chi connectivity index (χ1) is 10.9. The second-order valence-corrected chi connectivity index (χ2v) is 7.38. The van der Waals surface area contributed by atoms with E-state index in [1.165, 1.54) is 18.6 Å². The summed E-state index contributed by atoms with van der Waals surface area (Å²) < 4.78 is 43.4. The first-order valence-corrected chi connectivity index (χ1v) is 8.28. The highest BCUT2D eigenvalue weighted by Gasteiger charge is 2.50. The number of hydrogen-bond acceptors (Lipinski definition) is 2. The van der Waals surface area contributed by atoms with Crippen molar-refractivity contribution in [1.29, 1.82) is 0 Å². The van der Waals surface area contributed by atoms with Crippen molar-refractivity contribution in [3.05, 3.63) is 35.4 Å². The van der Waals surface area contributed by atoms with E-state index in [1.807, 2.05) is 0 Å². The fourth-order valence-corrected chi connectivity index (χ4v) is 5.05. The number of rotatable bonds is 2. The summed E-state index contributed by atoms with van der Waals surface area (Å²) in [5, 5.41) is 0. The number of alkyl halides is 3. The lowest BCUT2D eigenvalue weighted by molar-refractivity contribution is -0.137. The van der Waals surface area contributed by atoms with Gasteiger partial charge in [0, 0.05) is 0 Å². The van der Waals surface area contributed by atoms with Crippen LogP contribution in [-0.2, 0) is 10.9 Å². The SMILES string of the molecule is O=C(OC1C2CC3CC(C2)CC1C3)c1ccc(C(F)(F)F)cc1. The van der Waals surface area contributed by atoms with E-state index >= 15 is 0 Å². The highest BCUT2D eigenvalue weighted by atomic mass is 19.4. The van der Waals surface area contributed by atoms with Crippen molar-refractivity contribution >= 4 is 5.97 Å². The van der Waals surface area contributed by atoms with E-state index in [0.29, 0.717) is 11.8 Å². The topological polar surface area (TPSA) is 26.3 Å². The zero-order chi connectivity index (χ0) is 16.2. The van der Waals surface area contributed by atoms with Crippen LogP contribution in [0, 0.1) is 23.7 Å². The molecule has 5 heteroatoms. The number of esters is 1. The van der Waals surface area contributed by atoms with Crippen LogP contribution in [0.3, 0.4) is 0 Å². The molecule has 2 nitrogen and oxygen atoms in total. The molecule has 0 aromatic heterocycles. The summed E-state index contributed by atoms with van der Waals surface area (Å²) in [7, 11) is 0. The lowest BCUT2D eigenvalue weighted by atomic mass is 9.55. The fourth-order valence-electron chi connectivity index (χ4n) is 5.05. The third-order valence-corrected chi connectivity index (χ3v) is 5.83. The molecule has 5 rings (SSSR count). The van der Waals surface area contributed by atoms with Crippen molar-refractivity contribution in [3.63, 3.8) is 0 Å². The van der Waals surface area contributed by atoms with Crippen LogP contribution in [0.15, 0.2) is 24.3 Å². The number of carbonyl (C=O) groups is 1. The number of carbonyl (C=O) groups excluding carboxylic acids is 1. The van der Waals surface area contributed by atoms with Gasteiger partial charge in [-0.05, 0) is 80.0 Å². The second kappa shape index (κ2) is 5.25. The smallest absolute Gasteiger partial charge is 0.416 e. The van der Waals surface area contributed by atoms with Gasteiger partial charge < -0.3 is 4.74 Å². The Morgan fingerprint density at radius 3 is 1.91 bits per heavy atom. The van der Waals surface area contributed by atoms with Gasteiger partial charge in [-0.15, -0.1) is 0 Å². The van der Waals surface area contributed by atoms with Crippen LogP contribution in [0.25, 0.3) is 0 Å². The van der Waals surface area contributed by atoms with Crippen LogP contribution < -0.4 is 0 Å². The molecule has 4 fully saturated rings. The van der Waals surface area contributed by atoms with E-state index in [9.17, 15) is 18.0 Å². The Bertz CT molecular complexity index is 578. The van der Waals surface area contributed by atoms with E-state index in [2.05, 4.69) is 0 Å². The van der Waals surface area contributed by atoms with Crippen LogP contribution >= 0.6 is 0 Å². The van der Waals surface area contributed by atoms with Gasteiger partial charge in [-0.1, -0.05) is 0 Å². The van der Waals surface area contributed by atoms with Gasteiger partial charge in [-0.25, -0.2) is 4.79 Å². The van der Waals surface area contributed by atoms with Crippen LogP contribution in [0.5, 0.6) is 0 Å². The van der Waals surface area contributed by atoms with Crippen molar-refractivity contribution < 1.29 is 22.7 Å². The minimum Gasteiger partial charge on any atom is -0.458 e. The molecule has 0 atom stereocenters. The molecule has 0 radical (unpaired) electrons. The monoisotopic (exact) mass is 324 g/mol. The highest BCUT2D eigenvalue weighted by molar-refractivity contribution is 5.89. The number of halogens is 3. The van der Waals surface area contributed by atoms with Crippen LogP contribution in [0.2, 0.25) is 0 Å². The van der Waals surface area contributed by atoms with Gasteiger partial charge in [0.2, 0.25) is 0 Å². The van der Waals surface area contributed by atoms with Crippen LogP contribution in [0.1, 0.15) is 48.0 Å². The third-order valence-electron chi connectivity index (χ3n) is 5.83. The average molecular weight is 324 g/mol. The maximum absolute atomic E-state index is 12.6. The third kappa shape index (κ3) is 2.74. The van der Waals surface area contributed by atoms with Gasteiger partial charge >= 0.3 is 12.1 Å². The molecule has 4 aliphatic rings. The molecule has 4 saturated carbocycles. The van der Waals surface area contributed by atoms with Gasteiger partial charge in [0.05, 0.1) is 11.1 Å². The van der Waals surface area contributed by atoms with E-state index in [0.717, 1.165) is 49.7 Å². The van der Waals surface area contributed by atoms with E-state index < -0.39 is 17.7 Å². The Morgan fingerprint density at radius 2 is 1.43 bits per heavy atom. The second-order valence-electron chi connectivity index (χ2n) is 7.38. The van der Waals surface area contributed by atoms with Gasteiger partial charge in [-0.3, -0.25) is 0 Å². The zero-order valence-corrected chi connectivity index (χ0v) is 12.7. The van der Waals surface area contributed by atoms with Gasteiger partial charge in [0.1, 0.15) is 6.10 Å². The minimum absolute atomic E-state index is 0.0439. The summed E-state index contributed by atoms with van der Waals surface area (Å²) in [4.78, 5) is 12.3. The first kappa shape index (κ1) is 15.0. The molecular formula is C18H19F3O2. The van der Waals surface area contributed by atoms with Gasteiger partial charge in [-0.2, -0.15) is 13.2 Å². The molecule has 0 aliphatic heterocycles. The molecule has 4 aliphatic carbocycles. The van der Waals surface area contributed by atoms with Crippen LogP contribution in [-0.4, -0.2) is 12.1 Å². The minimum atomic E-state index is -4.39. The summed E-state index contributed by atoms with van der Waals surface area (Å²) in [6.45, 7) is 0. The maximum atomic E-state index is 12.6. The van der Waals surface area contributed by atoms with Crippen molar-refractivity contribution in [2.75, 3.05) is 0 Å². The van der Waals surface area contributed by atoms with Gasteiger partial charge in [0.25, 0.3) is 0 Å². The molecule has 0 N–H and O–H groups in total. The van der Waals surface area contributed by atoms with E-state index in [1.54, 1.807) is 0 Å². The first-order valence-electron chi connectivity index (χ1n) is 8.28. The molecule has 23 heavy (non-hydrogen) atoms. The Morgan fingerprint density at radius 1 is 0.913 bits per heavy atom. The molecule has 4 bridgehead atoms. The molecule has 1 aromatic rings. The maximum Gasteiger partial charge on any atom is 0.416 e. The Labute approximate surface area is 133 Å². The molecule has 0 spiro atoms. The van der Waals surface area contributed by atoms with Crippen molar-refractivity contribution in [1.82, 2.24) is 0 Å². The normalized spacial score (nSPS) is 35.3. The quantitative estimate of drug-likeness (QED) is 0.738. The highest BCUT2D eigenvalue weighted by Crippen LogP contribution is 2.54. The molecule has 124 valence electrons. The zero-order valence-electron chi connectivity index (χ0n) is 12.7. The standard InChI is InChI=1S/C18H19F3O2/c19-18(20,21)15-3-1-12(2-4-15)17(22)23-16-13-6-10-5-11(8-13)9-14(16)7-10/h1-4,10-11,13-14,16H,5-9H2. The number of hydrogen-bond donors (Lipinski definition) is 0. The predicted molar refractivity (Wildman–Crippen MR) is 77.7 cm³/mol. The predicted octanol–water partition coefficient (Wildman–Crippen LogP) is 4.69. The fraction of sp³-hybridized carbons (Fsp3) is 0.611. The Hall–Kier alpha value is -1.52. The number of benzene rings is 1. The van der Waals surface area contributed by atoms with Crippen molar-refractivity contribution in [2.24, 2.45) is 23.7 Å². The molecule has 0 unspecified atom stereocenters. The molecule has 0 heterocycles.